The Bertz CT molecular complexity index is 548. The maximum Gasteiger partial charge on any atom is 0.160 e. The van der Waals surface area contributed by atoms with E-state index in [1.54, 1.807) is 6.07 Å². The normalized spacial score (nSPS) is 20.7. The van der Waals surface area contributed by atoms with Gasteiger partial charge in [-0.25, -0.2) is 0 Å². The average molecular weight is 322 g/mol. The van der Waals surface area contributed by atoms with Crippen molar-refractivity contribution in [3.05, 3.63) is 17.5 Å². The lowest BCUT2D eigenvalue weighted by Gasteiger charge is -2.44. The monoisotopic (exact) mass is 322 g/mol. The van der Waals surface area contributed by atoms with Crippen LogP contribution in [0.1, 0.15) is 65.3 Å². The Morgan fingerprint density at radius 1 is 1.39 bits per heavy atom. The minimum Gasteiger partial charge on any atom is -0.395 e. The van der Waals surface area contributed by atoms with Gasteiger partial charge in [0.1, 0.15) is 5.76 Å². The van der Waals surface area contributed by atoms with Crippen molar-refractivity contribution in [2.24, 2.45) is 0 Å². The number of nitrogens with zero attached hydrogens (tertiary/aromatic N) is 2. The van der Waals surface area contributed by atoms with E-state index in [9.17, 15) is 9.90 Å². The molecule has 0 aliphatic carbocycles. The van der Waals surface area contributed by atoms with Crippen molar-refractivity contribution in [3.63, 3.8) is 0 Å². The topological polar surface area (TPSA) is 66.6 Å². The number of aliphatic hydroxyl groups excluding tert-OH is 1. The molecule has 0 aromatic carbocycles. The Morgan fingerprint density at radius 3 is 2.70 bits per heavy atom. The number of hydrogen-bond donors (Lipinski definition) is 1. The lowest BCUT2D eigenvalue weighted by Crippen LogP contribution is -2.56. The predicted octanol–water partition coefficient (Wildman–Crippen LogP) is 2.71. The average Bonchev–Trinajstić information content (AvgIpc) is 2.96. The molecule has 1 unspecified atom stereocenters. The van der Waals surface area contributed by atoms with Crippen molar-refractivity contribution in [2.45, 2.75) is 77.3 Å². The van der Waals surface area contributed by atoms with Crippen LogP contribution in [0.3, 0.4) is 0 Å². The summed E-state index contributed by atoms with van der Waals surface area (Å²) >= 11 is 0. The van der Waals surface area contributed by atoms with Gasteiger partial charge >= 0.3 is 0 Å². The van der Waals surface area contributed by atoms with E-state index >= 15 is 0 Å². The first kappa shape index (κ1) is 18.1. The zero-order valence-electron chi connectivity index (χ0n) is 15.1. The highest BCUT2D eigenvalue weighted by atomic mass is 16.5. The van der Waals surface area contributed by atoms with E-state index in [0.717, 1.165) is 19.4 Å². The molecule has 1 fully saturated rings. The molecule has 1 atom stereocenters. The van der Waals surface area contributed by atoms with Crippen LogP contribution >= 0.6 is 0 Å². The molecule has 1 aromatic rings. The Balaban J connectivity index is 2.09. The molecule has 5 nitrogen and oxygen atoms in total. The molecule has 1 N–H and O–H groups in total. The van der Waals surface area contributed by atoms with Gasteiger partial charge in [0.15, 0.2) is 5.78 Å². The number of hydrogen-bond acceptors (Lipinski definition) is 5. The number of likely N-dealkylation sites (tertiary alicyclic amines) is 1. The van der Waals surface area contributed by atoms with Crippen LogP contribution in [0.25, 0.3) is 0 Å². The first-order valence-electron chi connectivity index (χ1n) is 8.55. The molecule has 0 amide bonds. The van der Waals surface area contributed by atoms with Gasteiger partial charge in [0.25, 0.3) is 0 Å². The maximum absolute atomic E-state index is 12.8. The molecule has 23 heavy (non-hydrogen) atoms. The number of rotatable bonds is 6. The van der Waals surface area contributed by atoms with Crippen LogP contribution in [0.2, 0.25) is 0 Å². The van der Waals surface area contributed by atoms with E-state index in [-0.39, 0.29) is 18.8 Å². The summed E-state index contributed by atoms with van der Waals surface area (Å²) in [5.74, 6) is 0.722. The van der Waals surface area contributed by atoms with Gasteiger partial charge in [0.05, 0.1) is 24.3 Å². The van der Waals surface area contributed by atoms with E-state index in [4.69, 9.17) is 4.52 Å². The zero-order chi connectivity index (χ0) is 17.3. The molecule has 2 rings (SSSR count). The number of ketones is 1. The quantitative estimate of drug-likeness (QED) is 0.872. The minimum absolute atomic E-state index is 0.0102. The van der Waals surface area contributed by atoms with Crippen LogP contribution in [0.4, 0.5) is 0 Å². The summed E-state index contributed by atoms with van der Waals surface area (Å²) in [5.41, 5.74) is -0.270. The van der Waals surface area contributed by atoms with E-state index in [2.05, 4.69) is 17.0 Å². The van der Waals surface area contributed by atoms with Crippen molar-refractivity contribution in [3.8, 4) is 0 Å². The standard InChI is InChI=1S/C18H30N2O3/c1-13-8-6-7-9-20(13)18(4,5)16(22)11-14-10-15(19-23-14)17(2,3)12-21/h10,13,21H,6-9,11-12H2,1-5H3. The Morgan fingerprint density at radius 2 is 2.09 bits per heavy atom. The Labute approximate surface area is 139 Å². The molecular weight excluding hydrogens is 292 g/mol. The zero-order valence-corrected chi connectivity index (χ0v) is 15.1. The number of aliphatic hydroxyl groups is 1. The summed E-state index contributed by atoms with van der Waals surface area (Å²) in [5, 5.41) is 13.4. The highest BCUT2D eigenvalue weighted by Crippen LogP contribution is 2.28. The third-order valence-corrected chi connectivity index (χ3v) is 5.19. The second kappa shape index (κ2) is 6.73. The van der Waals surface area contributed by atoms with Crippen molar-refractivity contribution >= 4 is 5.78 Å². The van der Waals surface area contributed by atoms with Gasteiger partial charge in [-0.15, -0.1) is 0 Å². The molecule has 1 aliphatic heterocycles. The van der Waals surface area contributed by atoms with Crippen molar-refractivity contribution < 1.29 is 14.4 Å². The molecule has 1 aliphatic rings. The fourth-order valence-corrected chi connectivity index (χ4v) is 3.26. The largest absolute Gasteiger partial charge is 0.395 e. The lowest BCUT2D eigenvalue weighted by molar-refractivity contribution is -0.131. The Hall–Kier alpha value is -1.20. The van der Waals surface area contributed by atoms with E-state index in [1.807, 2.05) is 27.7 Å². The summed E-state index contributed by atoms with van der Waals surface area (Å²) in [7, 11) is 0. The summed E-state index contributed by atoms with van der Waals surface area (Å²) in [6.07, 6.45) is 3.78. The van der Waals surface area contributed by atoms with Gasteiger partial charge < -0.3 is 9.63 Å². The van der Waals surface area contributed by atoms with Gasteiger partial charge in [-0.1, -0.05) is 25.4 Å². The third kappa shape index (κ3) is 3.83. The van der Waals surface area contributed by atoms with Crippen LogP contribution < -0.4 is 0 Å². The Kier molecular flexibility index (Phi) is 5.31. The molecule has 2 heterocycles. The highest BCUT2D eigenvalue weighted by molar-refractivity contribution is 5.89. The molecule has 0 bridgehead atoms. The van der Waals surface area contributed by atoms with Gasteiger partial charge in [-0.3, -0.25) is 9.69 Å². The smallest absolute Gasteiger partial charge is 0.160 e. The molecule has 0 spiro atoms. The van der Waals surface area contributed by atoms with E-state index in [1.165, 1.54) is 6.42 Å². The molecular formula is C18H30N2O3. The first-order chi connectivity index (χ1) is 10.7. The van der Waals surface area contributed by atoms with Crippen LogP contribution in [0.5, 0.6) is 0 Å². The molecule has 1 aromatic heterocycles. The van der Waals surface area contributed by atoms with E-state index < -0.39 is 11.0 Å². The summed E-state index contributed by atoms with van der Waals surface area (Å²) in [4.78, 5) is 15.1. The molecule has 130 valence electrons. The van der Waals surface area contributed by atoms with Crippen LogP contribution in [-0.4, -0.2) is 45.7 Å². The third-order valence-electron chi connectivity index (χ3n) is 5.19. The highest BCUT2D eigenvalue weighted by Gasteiger charge is 2.38. The number of carbonyl (C=O) groups is 1. The molecule has 1 saturated heterocycles. The van der Waals surface area contributed by atoms with Crippen LogP contribution in [-0.2, 0) is 16.6 Å². The number of carbonyl (C=O) groups excluding carboxylic acids is 1. The van der Waals surface area contributed by atoms with Gasteiger partial charge in [-0.05, 0) is 40.2 Å². The number of Topliss-reactive ketones (excluding diaryl/α,β-unsaturated/α-hetero) is 1. The fraction of sp³-hybridized carbons (Fsp3) is 0.778. The van der Waals surface area contributed by atoms with Gasteiger partial charge in [0.2, 0.25) is 0 Å². The van der Waals surface area contributed by atoms with Crippen molar-refractivity contribution in [1.82, 2.24) is 10.1 Å². The van der Waals surface area contributed by atoms with Crippen LogP contribution in [0.15, 0.2) is 10.6 Å². The summed E-state index contributed by atoms with van der Waals surface area (Å²) in [6, 6.07) is 2.23. The SMILES string of the molecule is CC1CCCCN1C(C)(C)C(=O)Cc1cc(C(C)(C)CO)no1. The summed E-state index contributed by atoms with van der Waals surface area (Å²) in [6.45, 7) is 11.0. The first-order valence-corrected chi connectivity index (χ1v) is 8.55. The predicted molar refractivity (Wildman–Crippen MR) is 89.4 cm³/mol. The number of aromatic nitrogens is 1. The maximum atomic E-state index is 12.8. The minimum atomic E-state index is -0.501. The van der Waals surface area contributed by atoms with E-state index in [0.29, 0.717) is 17.5 Å². The lowest BCUT2D eigenvalue weighted by atomic mass is 9.87. The molecule has 0 radical (unpaired) electrons. The van der Waals surface area contributed by atoms with Crippen molar-refractivity contribution in [1.29, 1.82) is 0 Å². The fourth-order valence-electron chi connectivity index (χ4n) is 3.26. The van der Waals surface area contributed by atoms with Crippen molar-refractivity contribution in [2.75, 3.05) is 13.2 Å². The molecule has 0 saturated carbocycles. The summed E-state index contributed by atoms with van der Waals surface area (Å²) < 4.78 is 5.33. The molecule has 5 heteroatoms. The number of piperidine rings is 1. The van der Waals surface area contributed by atoms with Gasteiger partial charge in [0, 0.05) is 17.5 Å². The second-order valence-electron chi connectivity index (χ2n) is 7.92. The van der Waals surface area contributed by atoms with Gasteiger partial charge in [-0.2, -0.15) is 0 Å². The van der Waals surface area contributed by atoms with Crippen LogP contribution in [0, 0.1) is 0 Å². The second-order valence-corrected chi connectivity index (χ2v) is 7.92.